The molecule has 0 unspecified atom stereocenters. The summed E-state index contributed by atoms with van der Waals surface area (Å²) < 4.78 is 5.27. The number of hydrogen-bond donors (Lipinski definition) is 1. The van der Waals surface area contributed by atoms with Gasteiger partial charge in [-0.2, -0.15) is 10.2 Å². The molecule has 0 aliphatic carbocycles. The number of nitrogens with zero attached hydrogens (tertiary/aromatic N) is 4. The molecule has 0 bridgehead atoms. The molecule has 2 aromatic rings. The number of rotatable bonds is 3. The average Bonchev–Trinajstić information content (AvgIpc) is 2.38. The van der Waals surface area contributed by atoms with Gasteiger partial charge in [0.05, 0.1) is 16.6 Å². The topological polar surface area (TPSA) is 128 Å². The van der Waals surface area contributed by atoms with Crippen molar-refractivity contribution in [3.63, 3.8) is 0 Å². The molecular formula is C11H7N5O3. The maximum Gasteiger partial charge on any atom is 0.349 e. The van der Waals surface area contributed by atoms with Crippen molar-refractivity contribution in [2.75, 3.05) is 5.73 Å². The molecule has 0 radical (unpaired) electrons. The van der Waals surface area contributed by atoms with Gasteiger partial charge in [0.15, 0.2) is 0 Å². The summed E-state index contributed by atoms with van der Waals surface area (Å²) in [4.78, 5) is 17.3. The third kappa shape index (κ3) is 2.73. The Balaban J connectivity index is 2.40. The molecule has 0 saturated carbocycles. The molecule has 0 amide bonds. The molecule has 8 nitrogen and oxygen atoms in total. The highest BCUT2D eigenvalue weighted by Gasteiger charge is 2.19. The first-order valence-corrected chi connectivity index (χ1v) is 5.05. The Hall–Kier alpha value is -3.21. The van der Waals surface area contributed by atoms with E-state index in [2.05, 4.69) is 9.97 Å². The van der Waals surface area contributed by atoms with E-state index >= 15 is 0 Å². The van der Waals surface area contributed by atoms with Gasteiger partial charge in [-0.05, 0) is 18.2 Å². The van der Waals surface area contributed by atoms with E-state index in [1.807, 2.05) is 6.07 Å². The predicted molar refractivity (Wildman–Crippen MR) is 64.3 cm³/mol. The van der Waals surface area contributed by atoms with Crippen LogP contribution in [0.4, 0.5) is 11.6 Å². The Kier molecular flexibility index (Phi) is 3.20. The summed E-state index contributed by atoms with van der Waals surface area (Å²) in [6.45, 7) is 0. The highest BCUT2D eigenvalue weighted by molar-refractivity contribution is 5.45. The molecule has 0 saturated heterocycles. The predicted octanol–water partition coefficient (Wildman–Crippen LogP) is 1.63. The van der Waals surface area contributed by atoms with Gasteiger partial charge in [-0.25, -0.2) is 4.98 Å². The quantitative estimate of drug-likeness (QED) is 0.653. The first-order chi connectivity index (χ1) is 9.10. The summed E-state index contributed by atoms with van der Waals surface area (Å²) in [6, 6.07) is 8.07. The first-order valence-electron chi connectivity index (χ1n) is 5.05. The maximum atomic E-state index is 10.8. The SMILES string of the molecule is N#Cc1cccc(Oc2nc(N)ncc2[N+](=O)[O-])c1. The van der Waals surface area contributed by atoms with Gasteiger partial charge in [0.2, 0.25) is 5.95 Å². The summed E-state index contributed by atoms with van der Waals surface area (Å²) in [5.41, 5.74) is 5.32. The van der Waals surface area contributed by atoms with Crippen LogP contribution in [0.15, 0.2) is 30.5 Å². The van der Waals surface area contributed by atoms with Crippen LogP contribution >= 0.6 is 0 Å². The number of benzene rings is 1. The minimum Gasteiger partial charge on any atom is -0.434 e. The van der Waals surface area contributed by atoms with Crippen LogP contribution in [-0.2, 0) is 0 Å². The highest BCUT2D eigenvalue weighted by Crippen LogP contribution is 2.29. The Labute approximate surface area is 107 Å². The Morgan fingerprint density at radius 1 is 1.47 bits per heavy atom. The van der Waals surface area contributed by atoms with Crippen molar-refractivity contribution in [1.29, 1.82) is 5.26 Å². The average molecular weight is 257 g/mol. The molecule has 0 aliphatic heterocycles. The van der Waals surface area contributed by atoms with Gasteiger partial charge in [-0.15, -0.1) is 0 Å². The second kappa shape index (κ2) is 4.97. The van der Waals surface area contributed by atoms with Gasteiger partial charge in [-0.1, -0.05) is 6.07 Å². The molecule has 19 heavy (non-hydrogen) atoms. The molecule has 2 rings (SSSR count). The van der Waals surface area contributed by atoms with Crippen molar-refractivity contribution < 1.29 is 9.66 Å². The van der Waals surface area contributed by atoms with Gasteiger partial charge >= 0.3 is 11.6 Å². The van der Waals surface area contributed by atoms with E-state index in [0.29, 0.717) is 5.56 Å². The van der Waals surface area contributed by atoms with E-state index in [1.54, 1.807) is 18.2 Å². The van der Waals surface area contributed by atoms with Crippen molar-refractivity contribution >= 4 is 11.6 Å². The lowest BCUT2D eigenvalue weighted by Gasteiger charge is -2.05. The van der Waals surface area contributed by atoms with Gasteiger partial charge in [0.1, 0.15) is 11.9 Å². The Morgan fingerprint density at radius 2 is 2.26 bits per heavy atom. The van der Waals surface area contributed by atoms with Crippen molar-refractivity contribution in [1.82, 2.24) is 9.97 Å². The van der Waals surface area contributed by atoms with Crippen LogP contribution in [0.5, 0.6) is 11.6 Å². The maximum absolute atomic E-state index is 10.8. The van der Waals surface area contributed by atoms with Crippen molar-refractivity contribution in [3.8, 4) is 17.7 Å². The van der Waals surface area contributed by atoms with E-state index in [1.165, 1.54) is 6.07 Å². The first kappa shape index (κ1) is 12.3. The number of aromatic nitrogens is 2. The minimum atomic E-state index is -0.678. The van der Waals surface area contributed by atoms with Crippen LogP contribution in [0.1, 0.15) is 5.56 Å². The molecule has 1 heterocycles. The zero-order valence-electron chi connectivity index (χ0n) is 9.48. The second-order valence-corrected chi connectivity index (χ2v) is 3.42. The fourth-order valence-corrected chi connectivity index (χ4v) is 1.31. The van der Waals surface area contributed by atoms with E-state index in [9.17, 15) is 10.1 Å². The summed E-state index contributed by atoms with van der Waals surface area (Å²) in [6.07, 6.45) is 0.964. The van der Waals surface area contributed by atoms with Crippen molar-refractivity contribution in [2.45, 2.75) is 0 Å². The fraction of sp³-hybridized carbons (Fsp3) is 0. The number of hydrogen-bond acceptors (Lipinski definition) is 7. The zero-order valence-corrected chi connectivity index (χ0v) is 9.48. The summed E-state index contributed by atoms with van der Waals surface area (Å²) in [5.74, 6) is -0.162. The lowest BCUT2D eigenvalue weighted by molar-refractivity contribution is -0.386. The van der Waals surface area contributed by atoms with Crippen molar-refractivity contribution in [2.24, 2.45) is 0 Å². The van der Waals surface area contributed by atoms with Crippen LogP contribution in [-0.4, -0.2) is 14.9 Å². The van der Waals surface area contributed by atoms with E-state index in [-0.39, 0.29) is 17.6 Å². The van der Waals surface area contributed by atoms with Crippen LogP contribution in [0.25, 0.3) is 0 Å². The molecule has 2 N–H and O–H groups in total. The third-order valence-electron chi connectivity index (χ3n) is 2.13. The summed E-state index contributed by atoms with van der Waals surface area (Å²) in [7, 11) is 0. The monoisotopic (exact) mass is 257 g/mol. The summed E-state index contributed by atoms with van der Waals surface area (Å²) >= 11 is 0. The number of ether oxygens (including phenoxy) is 1. The van der Waals surface area contributed by atoms with Crippen molar-refractivity contribution in [3.05, 3.63) is 46.1 Å². The molecule has 8 heteroatoms. The van der Waals surface area contributed by atoms with E-state index in [4.69, 9.17) is 15.7 Å². The Bertz CT molecular complexity index is 680. The van der Waals surface area contributed by atoms with Crippen LogP contribution in [0.2, 0.25) is 0 Å². The van der Waals surface area contributed by atoms with E-state index < -0.39 is 10.6 Å². The molecule has 0 aliphatic rings. The summed E-state index contributed by atoms with van der Waals surface area (Å²) in [5, 5.41) is 19.6. The number of nitrogen functional groups attached to an aromatic ring is 1. The largest absolute Gasteiger partial charge is 0.434 e. The molecule has 0 atom stereocenters. The van der Waals surface area contributed by atoms with E-state index in [0.717, 1.165) is 6.20 Å². The lowest BCUT2D eigenvalue weighted by Crippen LogP contribution is -2.01. The molecular weight excluding hydrogens is 250 g/mol. The van der Waals surface area contributed by atoms with Gasteiger partial charge < -0.3 is 10.5 Å². The van der Waals surface area contributed by atoms with Crippen LogP contribution in [0.3, 0.4) is 0 Å². The number of nitrogens with two attached hydrogens (primary N) is 1. The standard InChI is InChI=1S/C11H7N5O3/c12-5-7-2-1-3-8(4-7)19-10-9(16(17)18)6-14-11(13)15-10/h1-4,6H,(H2,13,14,15). The normalized spacial score (nSPS) is 9.63. The third-order valence-corrected chi connectivity index (χ3v) is 2.13. The van der Waals surface area contributed by atoms with Crippen LogP contribution in [0, 0.1) is 21.4 Å². The Morgan fingerprint density at radius 3 is 2.95 bits per heavy atom. The minimum absolute atomic E-state index is 0.142. The molecule has 0 spiro atoms. The highest BCUT2D eigenvalue weighted by atomic mass is 16.6. The van der Waals surface area contributed by atoms with Crippen LogP contribution < -0.4 is 10.5 Å². The molecule has 0 fully saturated rings. The number of anilines is 1. The fourth-order valence-electron chi connectivity index (χ4n) is 1.31. The molecule has 1 aromatic carbocycles. The van der Waals surface area contributed by atoms with Gasteiger partial charge in [0.25, 0.3) is 0 Å². The zero-order chi connectivity index (χ0) is 13.8. The second-order valence-electron chi connectivity index (χ2n) is 3.42. The number of nitriles is 1. The molecule has 1 aromatic heterocycles. The lowest BCUT2D eigenvalue weighted by atomic mass is 10.2. The van der Waals surface area contributed by atoms with Gasteiger partial charge in [-0.3, -0.25) is 10.1 Å². The van der Waals surface area contributed by atoms with Gasteiger partial charge in [0, 0.05) is 0 Å². The smallest absolute Gasteiger partial charge is 0.349 e. The molecule has 94 valence electrons. The number of nitro groups is 1.